The maximum atomic E-state index is 12.4. The summed E-state index contributed by atoms with van der Waals surface area (Å²) in [5, 5.41) is 10.5. The zero-order valence-corrected chi connectivity index (χ0v) is 21.3. The van der Waals surface area contributed by atoms with Crippen LogP contribution in [0.25, 0.3) is 22.3 Å². The summed E-state index contributed by atoms with van der Waals surface area (Å²) in [5.41, 5.74) is 7.35. The number of aliphatic hydroxyl groups excluding tert-OH is 1. The Morgan fingerprint density at radius 1 is 0.919 bits per heavy atom. The summed E-state index contributed by atoms with van der Waals surface area (Å²) in [4.78, 5) is 16.8. The van der Waals surface area contributed by atoms with Gasteiger partial charge in [-0.05, 0) is 84.0 Å². The molecule has 1 saturated carbocycles. The number of hydrogen-bond donors (Lipinski definition) is 1. The second kappa shape index (κ2) is 11.1. The maximum absolute atomic E-state index is 12.4. The van der Waals surface area contributed by atoms with Gasteiger partial charge in [0.15, 0.2) is 0 Å². The number of nitrogens with zero attached hydrogens (tertiary/aromatic N) is 1. The number of carbonyl (C=O) groups excluding carboxylic acids is 1. The molecule has 1 atom stereocenters. The van der Waals surface area contributed by atoms with E-state index in [1.54, 1.807) is 0 Å². The van der Waals surface area contributed by atoms with E-state index in [-0.39, 0.29) is 5.97 Å². The number of rotatable bonds is 10. The zero-order chi connectivity index (χ0) is 25.7. The van der Waals surface area contributed by atoms with Crippen LogP contribution in [-0.2, 0) is 21.4 Å². The van der Waals surface area contributed by atoms with Crippen molar-refractivity contribution in [2.45, 2.75) is 50.5 Å². The molecule has 1 heterocycles. The number of aryl methyl sites for hydroxylation is 1. The van der Waals surface area contributed by atoms with Crippen molar-refractivity contribution in [3.05, 3.63) is 114 Å². The van der Waals surface area contributed by atoms with Gasteiger partial charge in [0, 0.05) is 12.4 Å². The number of pyridine rings is 1. The first kappa shape index (κ1) is 24.9. The average Bonchev–Trinajstić information content (AvgIpc) is 3.77. The maximum Gasteiger partial charge on any atom is 0.316 e. The first-order chi connectivity index (χ1) is 18.1. The van der Waals surface area contributed by atoms with Gasteiger partial charge < -0.3 is 9.84 Å². The number of aliphatic hydroxyl groups is 1. The second-order valence-corrected chi connectivity index (χ2v) is 9.81. The molecule has 188 valence electrons. The van der Waals surface area contributed by atoms with Crippen LogP contribution in [-0.4, -0.2) is 22.7 Å². The molecule has 0 spiro atoms. The molecule has 4 aromatic rings. The van der Waals surface area contributed by atoms with Gasteiger partial charge in [-0.2, -0.15) is 0 Å². The highest BCUT2D eigenvalue weighted by molar-refractivity contribution is 5.87. The largest absolute Gasteiger partial charge is 0.465 e. The molecule has 1 fully saturated rings. The van der Waals surface area contributed by atoms with Crippen LogP contribution in [0, 0.1) is 0 Å². The van der Waals surface area contributed by atoms with Gasteiger partial charge in [0.2, 0.25) is 0 Å². The SMILES string of the molecule is CCOC(=O)C1(c2ccc(-c3ccc(-c4ccncc4CCCC(O)c4ccccc4)cc3)cc2)CC1. The van der Waals surface area contributed by atoms with Crippen molar-refractivity contribution in [1.82, 2.24) is 4.98 Å². The molecule has 37 heavy (non-hydrogen) atoms. The Kier molecular flexibility index (Phi) is 7.47. The van der Waals surface area contributed by atoms with E-state index >= 15 is 0 Å². The van der Waals surface area contributed by atoms with Gasteiger partial charge in [-0.25, -0.2) is 0 Å². The van der Waals surface area contributed by atoms with Crippen molar-refractivity contribution in [1.29, 1.82) is 0 Å². The van der Waals surface area contributed by atoms with Crippen LogP contribution < -0.4 is 0 Å². The van der Waals surface area contributed by atoms with Gasteiger partial charge in [-0.15, -0.1) is 0 Å². The molecule has 1 unspecified atom stereocenters. The van der Waals surface area contributed by atoms with Crippen molar-refractivity contribution < 1.29 is 14.6 Å². The standard InChI is InChI=1S/C33H33NO3/c1-2-37-32(36)33(20-21-33)29-17-15-25(16-18-29)24-11-13-26(14-12-24)30-19-22-34-23-28(30)9-6-10-31(35)27-7-4-3-5-8-27/h3-5,7-8,11-19,22-23,31,35H,2,6,9-10,20-21H2,1H3. The Morgan fingerprint density at radius 2 is 1.57 bits per heavy atom. The number of benzene rings is 3. The van der Waals surface area contributed by atoms with Crippen LogP contribution in [0.2, 0.25) is 0 Å². The minimum absolute atomic E-state index is 0.102. The summed E-state index contributed by atoms with van der Waals surface area (Å²) in [7, 11) is 0. The van der Waals surface area contributed by atoms with Crippen LogP contribution >= 0.6 is 0 Å². The van der Waals surface area contributed by atoms with Gasteiger partial charge in [-0.1, -0.05) is 78.9 Å². The monoisotopic (exact) mass is 491 g/mol. The predicted molar refractivity (Wildman–Crippen MR) is 147 cm³/mol. The molecule has 0 bridgehead atoms. The van der Waals surface area contributed by atoms with E-state index in [1.165, 1.54) is 11.1 Å². The fraction of sp³-hybridized carbons (Fsp3) is 0.273. The molecular formula is C33H33NO3. The Bertz CT molecular complexity index is 1330. The molecule has 1 aliphatic carbocycles. The van der Waals surface area contributed by atoms with Gasteiger partial charge in [-0.3, -0.25) is 9.78 Å². The summed E-state index contributed by atoms with van der Waals surface area (Å²) in [6, 6.07) is 28.8. The molecule has 1 aromatic heterocycles. The lowest BCUT2D eigenvalue weighted by molar-refractivity contribution is -0.146. The first-order valence-corrected chi connectivity index (χ1v) is 13.2. The summed E-state index contributed by atoms with van der Waals surface area (Å²) < 4.78 is 5.30. The van der Waals surface area contributed by atoms with Crippen molar-refractivity contribution in [2.24, 2.45) is 0 Å². The average molecular weight is 492 g/mol. The molecule has 0 radical (unpaired) electrons. The van der Waals surface area contributed by atoms with E-state index < -0.39 is 11.5 Å². The molecule has 1 N–H and O–H groups in total. The molecule has 0 saturated heterocycles. The van der Waals surface area contributed by atoms with Gasteiger partial charge >= 0.3 is 5.97 Å². The second-order valence-electron chi connectivity index (χ2n) is 9.81. The van der Waals surface area contributed by atoms with Crippen LogP contribution in [0.4, 0.5) is 0 Å². The molecule has 4 heteroatoms. The Balaban J connectivity index is 1.26. The molecule has 4 nitrogen and oxygen atoms in total. The van der Waals surface area contributed by atoms with E-state index in [4.69, 9.17) is 4.74 Å². The van der Waals surface area contributed by atoms with Crippen LogP contribution in [0.15, 0.2) is 97.3 Å². The Hall–Kier alpha value is -3.76. The van der Waals surface area contributed by atoms with Crippen LogP contribution in [0.1, 0.15) is 55.4 Å². The highest BCUT2D eigenvalue weighted by Crippen LogP contribution is 2.49. The van der Waals surface area contributed by atoms with E-state index in [2.05, 4.69) is 59.6 Å². The van der Waals surface area contributed by atoms with E-state index in [0.717, 1.165) is 53.5 Å². The quantitative estimate of drug-likeness (QED) is 0.241. The summed E-state index contributed by atoms with van der Waals surface area (Å²) in [6.45, 7) is 2.27. The minimum atomic E-state index is -0.445. The van der Waals surface area contributed by atoms with Gasteiger partial charge in [0.05, 0.1) is 18.1 Å². The van der Waals surface area contributed by atoms with Crippen molar-refractivity contribution >= 4 is 5.97 Å². The normalized spacial score (nSPS) is 14.6. The van der Waals surface area contributed by atoms with E-state index in [0.29, 0.717) is 13.0 Å². The van der Waals surface area contributed by atoms with E-state index in [9.17, 15) is 9.90 Å². The van der Waals surface area contributed by atoms with Gasteiger partial charge in [0.25, 0.3) is 0 Å². The Labute approximate surface area is 219 Å². The molecule has 5 rings (SSSR count). The van der Waals surface area contributed by atoms with Crippen LogP contribution in [0.3, 0.4) is 0 Å². The first-order valence-electron chi connectivity index (χ1n) is 13.2. The lowest BCUT2D eigenvalue weighted by atomic mass is 9.92. The van der Waals surface area contributed by atoms with Crippen molar-refractivity contribution in [3.8, 4) is 22.3 Å². The zero-order valence-electron chi connectivity index (χ0n) is 21.3. The van der Waals surface area contributed by atoms with E-state index in [1.807, 2.05) is 49.6 Å². The third-order valence-corrected chi connectivity index (χ3v) is 7.39. The molecular weight excluding hydrogens is 458 g/mol. The third kappa shape index (κ3) is 5.50. The van der Waals surface area contributed by atoms with Crippen molar-refractivity contribution in [3.63, 3.8) is 0 Å². The molecule has 0 amide bonds. The summed E-state index contributed by atoms with van der Waals surface area (Å²) in [5.74, 6) is -0.102. The number of carbonyl (C=O) groups is 1. The van der Waals surface area contributed by atoms with Crippen LogP contribution in [0.5, 0.6) is 0 Å². The van der Waals surface area contributed by atoms with Gasteiger partial charge in [0.1, 0.15) is 0 Å². The highest BCUT2D eigenvalue weighted by Gasteiger charge is 2.52. The number of aromatic nitrogens is 1. The topological polar surface area (TPSA) is 59.4 Å². The number of esters is 1. The third-order valence-electron chi connectivity index (χ3n) is 7.39. The fourth-order valence-corrected chi connectivity index (χ4v) is 5.06. The predicted octanol–water partition coefficient (Wildman–Crippen LogP) is 7.07. The molecule has 1 aliphatic rings. The molecule has 3 aromatic carbocycles. The highest BCUT2D eigenvalue weighted by atomic mass is 16.5. The number of ether oxygens (including phenoxy) is 1. The fourth-order valence-electron chi connectivity index (χ4n) is 5.06. The Morgan fingerprint density at radius 3 is 2.22 bits per heavy atom. The molecule has 0 aliphatic heterocycles. The number of hydrogen-bond acceptors (Lipinski definition) is 4. The summed E-state index contributed by atoms with van der Waals surface area (Å²) in [6.07, 6.45) is 7.50. The minimum Gasteiger partial charge on any atom is -0.465 e. The smallest absolute Gasteiger partial charge is 0.316 e. The summed E-state index contributed by atoms with van der Waals surface area (Å²) >= 11 is 0. The lowest BCUT2D eigenvalue weighted by Crippen LogP contribution is -2.23. The lowest BCUT2D eigenvalue weighted by Gasteiger charge is -2.15. The van der Waals surface area contributed by atoms with Crippen molar-refractivity contribution in [2.75, 3.05) is 6.61 Å².